The fraction of sp³-hybridized carbons (Fsp3) is 0.579. The molecule has 0 aliphatic rings. The molecule has 72 heavy (non-hydrogen) atoms. The maximum Gasteiger partial charge on any atom is 0.349 e. The number of rotatable bonds is 33. The minimum Gasteiger partial charge on any atom is -0.507 e. The Morgan fingerprint density at radius 1 is 0.389 bits per heavy atom. The van der Waals surface area contributed by atoms with Gasteiger partial charge in [0.05, 0.1) is 36.5 Å². The number of aromatic nitrogens is 3. The summed E-state index contributed by atoms with van der Waals surface area (Å²) in [7, 11) is 0. The molecule has 0 radical (unpaired) electrons. The molecule has 0 aliphatic heterocycles. The standard InChI is InChI=1S/C57H81N3O12/c1-10-13-16-19-22-25-34-67-52(64)55(4,5)70-40-28-31-43(46(61)37-40)49-58-50(44-32-29-41(38-47(44)62)71-56(6,7)53(65)68-35-26-23-20-17-14-11-2)60-51(59-49)45-33-30-42(39-48(45)63)72-57(8,9)54(66)69-36-27-24-21-18-15-12-3/h28-33,37-39,61-63H,10-27,34-36H2,1-9H3. The maximum atomic E-state index is 13.0. The quantitative estimate of drug-likeness (QED) is 0.0231. The fourth-order valence-electron chi connectivity index (χ4n) is 7.70. The number of carbonyl (C=O) groups excluding carboxylic acids is 3. The number of esters is 3. The molecule has 0 amide bonds. The summed E-state index contributed by atoms with van der Waals surface area (Å²) < 4.78 is 34.7. The number of aromatic hydroxyl groups is 3. The summed E-state index contributed by atoms with van der Waals surface area (Å²) in [6.45, 7) is 16.9. The third-order valence-corrected chi connectivity index (χ3v) is 12.1. The Kier molecular flexibility index (Phi) is 23.4. The summed E-state index contributed by atoms with van der Waals surface area (Å²) in [4.78, 5) is 53.1. The van der Waals surface area contributed by atoms with E-state index in [1.807, 2.05) is 0 Å². The first-order chi connectivity index (χ1) is 34.3. The third-order valence-electron chi connectivity index (χ3n) is 12.1. The molecule has 4 rings (SSSR count). The largest absolute Gasteiger partial charge is 0.507 e. The summed E-state index contributed by atoms with van der Waals surface area (Å²) in [6, 6.07) is 13.2. The van der Waals surface area contributed by atoms with E-state index in [-0.39, 0.29) is 88.5 Å². The summed E-state index contributed by atoms with van der Waals surface area (Å²) in [6.07, 6.45) is 18.9. The number of nitrogens with zero attached hydrogens (tertiary/aromatic N) is 3. The summed E-state index contributed by atoms with van der Waals surface area (Å²) in [5.74, 6) is -2.13. The predicted molar refractivity (Wildman–Crippen MR) is 278 cm³/mol. The first-order valence-electron chi connectivity index (χ1n) is 26.2. The number of benzene rings is 3. The van der Waals surface area contributed by atoms with Crippen molar-refractivity contribution in [3.63, 3.8) is 0 Å². The molecule has 0 unspecified atom stereocenters. The zero-order valence-electron chi connectivity index (χ0n) is 44.4. The van der Waals surface area contributed by atoms with Crippen molar-refractivity contribution in [1.29, 1.82) is 0 Å². The van der Waals surface area contributed by atoms with Gasteiger partial charge in [0.25, 0.3) is 0 Å². The minimum absolute atomic E-state index is 0.0420. The van der Waals surface area contributed by atoms with Crippen molar-refractivity contribution in [2.45, 2.75) is 195 Å². The second kappa shape index (κ2) is 28.8. The number of ether oxygens (including phenoxy) is 6. The van der Waals surface area contributed by atoms with Crippen molar-refractivity contribution in [3.8, 4) is 68.7 Å². The first-order valence-corrected chi connectivity index (χ1v) is 26.2. The molecule has 0 saturated heterocycles. The molecule has 0 spiro atoms. The van der Waals surface area contributed by atoms with Crippen molar-refractivity contribution in [2.24, 2.45) is 0 Å². The Bertz CT molecular complexity index is 2080. The van der Waals surface area contributed by atoms with Crippen molar-refractivity contribution in [3.05, 3.63) is 54.6 Å². The van der Waals surface area contributed by atoms with Gasteiger partial charge >= 0.3 is 17.9 Å². The van der Waals surface area contributed by atoms with E-state index in [2.05, 4.69) is 35.7 Å². The molecular formula is C57H81N3O12. The number of carbonyl (C=O) groups is 3. The van der Waals surface area contributed by atoms with Gasteiger partial charge in [-0.05, 0) is 97.2 Å². The Hall–Kier alpha value is -6.12. The SMILES string of the molecule is CCCCCCCCOC(=O)C(C)(C)Oc1ccc(-c2nc(-c3ccc(OC(C)(C)C(=O)OCCCCCCCC)cc3O)nc(-c3ccc(OC(C)(C)C(=O)OCCCCCCCC)cc3O)n2)c(O)c1. The van der Waals surface area contributed by atoms with Crippen LogP contribution in [0.1, 0.15) is 178 Å². The van der Waals surface area contributed by atoms with Crippen LogP contribution in [0, 0.1) is 0 Å². The van der Waals surface area contributed by atoms with Gasteiger partial charge < -0.3 is 43.7 Å². The van der Waals surface area contributed by atoms with Crippen LogP contribution in [0.15, 0.2) is 54.6 Å². The van der Waals surface area contributed by atoms with Crippen molar-refractivity contribution in [1.82, 2.24) is 15.0 Å². The molecule has 3 N–H and O–H groups in total. The van der Waals surface area contributed by atoms with E-state index in [1.54, 1.807) is 59.7 Å². The minimum atomic E-state index is -1.38. The third kappa shape index (κ3) is 18.5. The lowest BCUT2D eigenvalue weighted by Crippen LogP contribution is -2.39. The Morgan fingerprint density at radius 3 is 0.861 bits per heavy atom. The highest BCUT2D eigenvalue weighted by atomic mass is 16.6. The zero-order chi connectivity index (χ0) is 52.7. The van der Waals surface area contributed by atoms with Crippen LogP contribution < -0.4 is 14.2 Å². The lowest BCUT2D eigenvalue weighted by atomic mass is 10.1. The van der Waals surface area contributed by atoms with E-state index in [0.29, 0.717) is 0 Å². The molecule has 0 saturated carbocycles. The number of phenols is 3. The van der Waals surface area contributed by atoms with Crippen LogP contribution in [0.5, 0.6) is 34.5 Å². The summed E-state index contributed by atoms with van der Waals surface area (Å²) >= 11 is 0. The van der Waals surface area contributed by atoms with Gasteiger partial charge in [-0.25, -0.2) is 29.3 Å². The highest BCUT2D eigenvalue weighted by Gasteiger charge is 2.35. The van der Waals surface area contributed by atoms with Crippen molar-refractivity contribution in [2.75, 3.05) is 19.8 Å². The average Bonchev–Trinajstić information content (AvgIpc) is 3.32. The molecular weight excluding hydrogens is 919 g/mol. The summed E-state index contributed by atoms with van der Waals surface area (Å²) in [5, 5.41) is 34.4. The molecule has 0 atom stereocenters. The number of unbranched alkanes of at least 4 members (excludes halogenated alkanes) is 15. The number of hydrogen-bond donors (Lipinski definition) is 3. The van der Waals surface area contributed by atoms with Crippen LogP contribution in [-0.2, 0) is 28.6 Å². The molecule has 15 heteroatoms. The van der Waals surface area contributed by atoms with Crippen LogP contribution in [0.4, 0.5) is 0 Å². The van der Waals surface area contributed by atoms with Gasteiger partial charge in [0.1, 0.15) is 34.5 Å². The maximum absolute atomic E-state index is 13.0. The van der Waals surface area contributed by atoms with Crippen molar-refractivity contribution >= 4 is 17.9 Å². The van der Waals surface area contributed by atoms with E-state index in [4.69, 9.17) is 28.4 Å². The van der Waals surface area contributed by atoms with Crippen LogP contribution in [0.25, 0.3) is 34.2 Å². The Labute approximate surface area is 427 Å². The molecule has 1 aromatic heterocycles. The fourth-order valence-corrected chi connectivity index (χ4v) is 7.70. The molecule has 15 nitrogen and oxygen atoms in total. The van der Waals surface area contributed by atoms with Gasteiger partial charge in [-0.3, -0.25) is 0 Å². The smallest absolute Gasteiger partial charge is 0.349 e. The topological polar surface area (TPSA) is 206 Å². The molecule has 0 aliphatic carbocycles. The van der Waals surface area contributed by atoms with Gasteiger partial charge in [0.15, 0.2) is 34.3 Å². The highest BCUT2D eigenvalue weighted by Crippen LogP contribution is 2.39. The lowest BCUT2D eigenvalue weighted by molar-refractivity contribution is -0.160. The van der Waals surface area contributed by atoms with Gasteiger partial charge in [0, 0.05) is 18.2 Å². The van der Waals surface area contributed by atoms with Crippen molar-refractivity contribution < 1.29 is 58.1 Å². The lowest BCUT2D eigenvalue weighted by Gasteiger charge is -2.25. The first kappa shape index (κ1) is 58.5. The van der Waals surface area contributed by atoms with Crippen LogP contribution in [0.2, 0.25) is 0 Å². The van der Waals surface area contributed by atoms with Crippen LogP contribution in [-0.4, -0.2) is 84.8 Å². The predicted octanol–water partition coefficient (Wildman–Crippen LogP) is 13.2. The monoisotopic (exact) mass is 1000 g/mol. The molecule has 0 bridgehead atoms. The van der Waals surface area contributed by atoms with Gasteiger partial charge in [-0.15, -0.1) is 0 Å². The molecule has 3 aromatic carbocycles. The zero-order valence-corrected chi connectivity index (χ0v) is 44.4. The molecule has 396 valence electrons. The van der Waals surface area contributed by atoms with Gasteiger partial charge in [0.2, 0.25) is 0 Å². The van der Waals surface area contributed by atoms with Gasteiger partial charge in [-0.2, -0.15) is 0 Å². The Morgan fingerprint density at radius 2 is 0.625 bits per heavy atom. The second-order valence-electron chi connectivity index (χ2n) is 19.9. The molecule has 1 heterocycles. The molecule has 4 aromatic rings. The normalized spacial score (nSPS) is 11.8. The number of phenolic OH excluding ortho intramolecular Hbond substituents is 3. The van der Waals surface area contributed by atoms with Gasteiger partial charge in [-0.1, -0.05) is 117 Å². The second-order valence-corrected chi connectivity index (χ2v) is 19.9. The highest BCUT2D eigenvalue weighted by molar-refractivity contribution is 5.81. The van der Waals surface area contributed by atoms with E-state index in [9.17, 15) is 29.7 Å². The van der Waals surface area contributed by atoms with E-state index in [1.165, 1.54) is 55.7 Å². The number of hydrogen-bond acceptors (Lipinski definition) is 15. The van der Waals surface area contributed by atoms with E-state index < -0.39 is 34.7 Å². The molecule has 0 fully saturated rings. The Balaban J connectivity index is 1.61. The summed E-state index contributed by atoms with van der Waals surface area (Å²) in [5.41, 5.74) is -3.73. The average molecular weight is 1000 g/mol. The van der Waals surface area contributed by atoms with Crippen LogP contribution >= 0.6 is 0 Å². The van der Waals surface area contributed by atoms with Crippen LogP contribution in [0.3, 0.4) is 0 Å². The van der Waals surface area contributed by atoms with E-state index in [0.717, 1.165) is 96.3 Å². The van der Waals surface area contributed by atoms with E-state index >= 15 is 0 Å².